The van der Waals surface area contributed by atoms with Crippen LogP contribution in [0, 0.1) is 0 Å². The van der Waals surface area contributed by atoms with E-state index in [0.717, 1.165) is 33.2 Å². The molecule has 0 radical (unpaired) electrons. The van der Waals surface area contributed by atoms with Crippen molar-refractivity contribution < 1.29 is 0 Å². The van der Waals surface area contributed by atoms with Crippen molar-refractivity contribution in [3.05, 3.63) is 63.8 Å². The van der Waals surface area contributed by atoms with E-state index >= 15 is 0 Å². The van der Waals surface area contributed by atoms with Crippen LogP contribution in [0.2, 0.25) is 0 Å². The van der Waals surface area contributed by atoms with Crippen molar-refractivity contribution in [1.82, 2.24) is 9.78 Å². The highest BCUT2D eigenvalue weighted by molar-refractivity contribution is 9.10. The van der Waals surface area contributed by atoms with Crippen molar-refractivity contribution in [2.45, 2.75) is 25.8 Å². The second kappa shape index (κ2) is 5.03. The number of aromatic nitrogens is 2. The van der Waals surface area contributed by atoms with Gasteiger partial charge in [0.1, 0.15) is 5.52 Å². The van der Waals surface area contributed by atoms with Crippen molar-refractivity contribution in [2.75, 3.05) is 0 Å². The van der Waals surface area contributed by atoms with E-state index in [-0.39, 0.29) is 5.54 Å². The molecule has 1 aliphatic heterocycles. The highest BCUT2D eigenvalue weighted by Gasteiger charge is 2.29. The molecule has 0 bridgehead atoms. The van der Waals surface area contributed by atoms with Gasteiger partial charge >= 0.3 is 0 Å². The monoisotopic (exact) mass is 367 g/mol. The van der Waals surface area contributed by atoms with E-state index in [4.69, 9.17) is 10.1 Å². The summed E-state index contributed by atoms with van der Waals surface area (Å²) < 4.78 is 2.97. The molecule has 0 aliphatic carbocycles. The molecule has 0 N–H and O–H groups in total. The van der Waals surface area contributed by atoms with Gasteiger partial charge in [-0.1, -0.05) is 36.4 Å². The SMILES string of the molecule is Cn1nc2c(Br)cccc2c1C1=NC(C)(C)Cc2ccccc21. The summed E-state index contributed by atoms with van der Waals surface area (Å²) >= 11 is 3.61. The number of fused-ring (bicyclic) bond motifs is 2. The predicted octanol–water partition coefficient (Wildman–Crippen LogP) is 4.51. The Labute approximate surface area is 144 Å². The van der Waals surface area contributed by atoms with Gasteiger partial charge in [0.05, 0.1) is 16.9 Å². The smallest absolute Gasteiger partial charge is 0.107 e. The van der Waals surface area contributed by atoms with E-state index in [9.17, 15) is 0 Å². The van der Waals surface area contributed by atoms with Crippen LogP contribution < -0.4 is 0 Å². The molecule has 2 aromatic carbocycles. The highest BCUT2D eigenvalue weighted by Crippen LogP contribution is 2.33. The highest BCUT2D eigenvalue weighted by atomic mass is 79.9. The van der Waals surface area contributed by atoms with Gasteiger partial charge in [0.15, 0.2) is 0 Å². The topological polar surface area (TPSA) is 30.2 Å². The summed E-state index contributed by atoms with van der Waals surface area (Å²) in [7, 11) is 1.99. The van der Waals surface area contributed by atoms with Crippen LogP contribution in [0.3, 0.4) is 0 Å². The Balaban J connectivity index is 2.05. The van der Waals surface area contributed by atoms with Crippen LogP contribution in [0.1, 0.15) is 30.7 Å². The van der Waals surface area contributed by atoms with Gasteiger partial charge in [-0.25, -0.2) is 0 Å². The second-order valence-corrected chi connectivity index (χ2v) is 7.57. The average molecular weight is 368 g/mol. The van der Waals surface area contributed by atoms with Crippen molar-refractivity contribution in [3.8, 4) is 0 Å². The molecule has 0 atom stereocenters. The third-order valence-electron chi connectivity index (χ3n) is 4.35. The largest absolute Gasteiger partial charge is 0.276 e. The molecular weight excluding hydrogens is 350 g/mol. The molecule has 0 fully saturated rings. The lowest BCUT2D eigenvalue weighted by molar-refractivity contribution is 0.512. The molecular formula is C19H18BrN3. The van der Waals surface area contributed by atoms with E-state index in [1.807, 2.05) is 17.8 Å². The molecule has 3 nitrogen and oxygen atoms in total. The quantitative estimate of drug-likeness (QED) is 0.622. The number of hydrogen-bond donors (Lipinski definition) is 0. The summed E-state index contributed by atoms with van der Waals surface area (Å²) in [5.74, 6) is 0. The Hall–Kier alpha value is -1.94. The zero-order chi connectivity index (χ0) is 16.2. The van der Waals surface area contributed by atoms with E-state index in [1.165, 1.54) is 11.1 Å². The molecule has 0 spiro atoms. The second-order valence-electron chi connectivity index (χ2n) is 6.71. The zero-order valence-corrected chi connectivity index (χ0v) is 15.1. The number of hydrogen-bond acceptors (Lipinski definition) is 2. The molecule has 3 aromatic rings. The van der Waals surface area contributed by atoms with Crippen molar-refractivity contribution in [2.24, 2.45) is 12.0 Å². The maximum Gasteiger partial charge on any atom is 0.107 e. The molecule has 4 heteroatoms. The summed E-state index contributed by atoms with van der Waals surface area (Å²) in [5.41, 5.74) is 5.57. The number of nitrogens with zero attached hydrogens (tertiary/aromatic N) is 3. The number of aliphatic imine (C=N–C) groups is 1. The minimum Gasteiger partial charge on any atom is -0.276 e. The van der Waals surface area contributed by atoms with E-state index < -0.39 is 0 Å². The summed E-state index contributed by atoms with van der Waals surface area (Å²) in [4.78, 5) is 5.08. The van der Waals surface area contributed by atoms with Gasteiger partial charge in [0.2, 0.25) is 0 Å². The summed E-state index contributed by atoms with van der Waals surface area (Å²) in [5, 5.41) is 5.83. The first-order valence-corrected chi connectivity index (χ1v) is 8.55. The first-order valence-electron chi connectivity index (χ1n) is 7.76. The number of aryl methyl sites for hydroxylation is 1. The summed E-state index contributed by atoms with van der Waals surface area (Å²) in [6.07, 6.45) is 0.964. The molecule has 0 saturated carbocycles. The van der Waals surface area contributed by atoms with Gasteiger partial charge in [-0.3, -0.25) is 9.67 Å². The minimum atomic E-state index is -0.105. The minimum absolute atomic E-state index is 0.105. The first-order chi connectivity index (χ1) is 11.0. The molecule has 1 aromatic heterocycles. The molecule has 4 rings (SSSR count). The van der Waals surface area contributed by atoms with Gasteiger partial charge in [0, 0.05) is 22.5 Å². The molecule has 2 heterocycles. The lowest BCUT2D eigenvalue weighted by Crippen LogP contribution is -2.30. The van der Waals surface area contributed by atoms with E-state index in [0.29, 0.717) is 0 Å². The molecule has 116 valence electrons. The molecule has 0 saturated heterocycles. The Bertz CT molecular complexity index is 950. The molecule has 0 unspecified atom stereocenters. The fraction of sp³-hybridized carbons (Fsp3) is 0.263. The molecule has 23 heavy (non-hydrogen) atoms. The normalized spacial score (nSPS) is 16.3. The van der Waals surface area contributed by atoms with E-state index in [1.54, 1.807) is 0 Å². The molecule has 0 amide bonds. The van der Waals surface area contributed by atoms with Crippen LogP contribution >= 0.6 is 15.9 Å². The number of halogens is 1. The maximum absolute atomic E-state index is 5.08. The van der Waals surface area contributed by atoms with Gasteiger partial charge in [-0.2, -0.15) is 5.10 Å². The number of benzene rings is 2. The van der Waals surface area contributed by atoms with Gasteiger partial charge in [-0.15, -0.1) is 0 Å². The lowest BCUT2D eigenvalue weighted by atomic mass is 9.85. The fourth-order valence-electron chi connectivity index (χ4n) is 3.42. The van der Waals surface area contributed by atoms with Crippen molar-refractivity contribution in [1.29, 1.82) is 0 Å². The van der Waals surface area contributed by atoms with E-state index in [2.05, 4.69) is 66.2 Å². The summed E-state index contributed by atoms with van der Waals surface area (Å²) in [6, 6.07) is 14.8. The average Bonchev–Trinajstić information content (AvgIpc) is 2.83. The first kappa shape index (κ1) is 14.6. The fourth-order valence-corrected chi connectivity index (χ4v) is 3.86. The maximum atomic E-state index is 5.08. The third kappa shape index (κ3) is 2.32. The van der Waals surface area contributed by atoms with Crippen LogP contribution in [0.25, 0.3) is 10.9 Å². The van der Waals surface area contributed by atoms with Crippen LogP contribution in [-0.4, -0.2) is 21.0 Å². The third-order valence-corrected chi connectivity index (χ3v) is 4.99. The lowest BCUT2D eigenvalue weighted by Gasteiger charge is -2.29. The van der Waals surface area contributed by atoms with Crippen molar-refractivity contribution >= 4 is 32.5 Å². The summed E-state index contributed by atoms with van der Waals surface area (Å²) in [6.45, 7) is 4.38. The standard InChI is InChI=1S/C19H18BrN3/c1-19(2)11-12-7-4-5-8-13(12)17(21-19)18-14-9-6-10-15(20)16(14)22-23(18)3/h4-10H,11H2,1-3H3. The number of rotatable bonds is 1. The zero-order valence-electron chi connectivity index (χ0n) is 13.5. The van der Waals surface area contributed by atoms with Crippen LogP contribution in [0.15, 0.2) is 51.9 Å². The Morgan fingerprint density at radius 3 is 2.70 bits per heavy atom. The van der Waals surface area contributed by atoms with Crippen LogP contribution in [0.5, 0.6) is 0 Å². The predicted molar refractivity (Wildman–Crippen MR) is 98.3 cm³/mol. The van der Waals surface area contributed by atoms with Gasteiger partial charge < -0.3 is 0 Å². The molecule has 1 aliphatic rings. The van der Waals surface area contributed by atoms with Crippen molar-refractivity contribution in [3.63, 3.8) is 0 Å². The van der Waals surface area contributed by atoms with Gasteiger partial charge in [0.25, 0.3) is 0 Å². The Kier molecular flexibility index (Phi) is 3.20. The van der Waals surface area contributed by atoms with Gasteiger partial charge in [-0.05, 0) is 47.8 Å². The Morgan fingerprint density at radius 1 is 1.09 bits per heavy atom. The Morgan fingerprint density at radius 2 is 1.87 bits per heavy atom. The van der Waals surface area contributed by atoms with Crippen LogP contribution in [0.4, 0.5) is 0 Å². The van der Waals surface area contributed by atoms with Crippen LogP contribution in [-0.2, 0) is 13.5 Å².